The average molecular weight is 433 g/mol. The van der Waals surface area contributed by atoms with Crippen LogP contribution in [0.5, 0.6) is 0 Å². The van der Waals surface area contributed by atoms with Crippen molar-refractivity contribution in [2.75, 3.05) is 0 Å². The maximum Gasteiger partial charge on any atom is 0 e. The zero-order valence-electron chi connectivity index (χ0n) is 13.4. The van der Waals surface area contributed by atoms with Crippen molar-refractivity contribution in [2.45, 2.75) is 64.2 Å². The van der Waals surface area contributed by atoms with Crippen molar-refractivity contribution >= 4 is 0 Å². The van der Waals surface area contributed by atoms with E-state index in [2.05, 4.69) is 37.3 Å². The number of hydrogen-bond acceptors (Lipinski definition) is 0. The van der Waals surface area contributed by atoms with Gasteiger partial charge in [0.1, 0.15) is 0 Å². The molecule has 0 bridgehead atoms. The van der Waals surface area contributed by atoms with Crippen LogP contribution in [0.2, 0.25) is 0 Å². The van der Waals surface area contributed by atoms with Gasteiger partial charge in [0, 0.05) is 65.4 Å². The number of rotatable bonds is 2. The Labute approximate surface area is 181 Å². The molecule has 0 aromatic heterocycles. The molecule has 0 atom stereocenters. The molecule has 0 N–H and O–H groups in total. The van der Waals surface area contributed by atoms with Crippen LogP contribution in [-0.2, 0) is 65.4 Å². The van der Waals surface area contributed by atoms with Crippen LogP contribution in [0.1, 0.15) is 69.8 Å². The fourth-order valence-electron chi connectivity index (χ4n) is 4.35. The van der Waals surface area contributed by atoms with Crippen molar-refractivity contribution in [1.29, 1.82) is 0 Å². The summed E-state index contributed by atoms with van der Waals surface area (Å²) in [6, 6.07) is 11.8. The molecule has 2 saturated carbocycles. The molecular formula is C19H27Y2-. The standard InChI is InChI=1S/C19H27.2Y/c1-15-7-9-17(10-8-15)19-13-11-18(12-14-19)16-5-3-2-4-6-16;;/h3-6,15,17-19H,7-14H2,1H3;;/q-1;;. The summed E-state index contributed by atoms with van der Waals surface area (Å²) in [6.07, 6.45) is 11.8. The smallest absolute Gasteiger partial charge is 0 e. The van der Waals surface area contributed by atoms with E-state index in [1.54, 1.807) is 5.56 Å². The molecule has 1 aromatic rings. The van der Waals surface area contributed by atoms with Gasteiger partial charge >= 0.3 is 0 Å². The summed E-state index contributed by atoms with van der Waals surface area (Å²) in [5.41, 5.74) is 1.55. The predicted molar refractivity (Wildman–Crippen MR) is 81.1 cm³/mol. The molecule has 110 valence electrons. The van der Waals surface area contributed by atoms with Crippen molar-refractivity contribution in [3.63, 3.8) is 0 Å². The SMILES string of the molecule is CC1CCC(C2CCC(c3cc[c-]cc3)CC2)CC1.[Y].[Y]. The predicted octanol–water partition coefficient (Wildman–Crippen LogP) is 5.58. The van der Waals surface area contributed by atoms with Gasteiger partial charge in [0.2, 0.25) is 0 Å². The second kappa shape index (κ2) is 10.3. The third-order valence-electron chi connectivity index (χ3n) is 5.71. The normalized spacial score (nSPS) is 32.6. The van der Waals surface area contributed by atoms with Crippen LogP contribution in [0.15, 0.2) is 24.3 Å². The first kappa shape index (κ1) is 20.5. The van der Waals surface area contributed by atoms with Gasteiger partial charge in [0.15, 0.2) is 0 Å². The molecule has 2 fully saturated rings. The molecule has 2 aliphatic carbocycles. The summed E-state index contributed by atoms with van der Waals surface area (Å²) in [5.74, 6) is 3.92. The zero-order valence-corrected chi connectivity index (χ0v) is 19.1. The Kier molecular flexibility index (Phi) is 10.1. The Morgan fingerprint density at radius 2 is 1.24 bits per heavy atom. The van der Waals surface area contributed by atoms with E-state index in [0.29, 0.717) is 0 Å². The van der Waals surface area contributed by atoms with E-state index in [1.807, 2.05) is 0 Å². The molecule has 0 aliphatic heterocycles. The molecule has 3 rings (SSSR count). The second-order valence-corrected chi connectivity index (χ2v) is 6.96. The van der Waals surface area contributed by atoms with Crippen LogP contribution in [0.4, 0.5) is 0 Å². The Morgan fingerprint density at radius 1 is 0.762 bits per heavy atom. The Balaban J connectivity index is 0.00000110. The van der Waals surface area contributed by atoms with E-state index in [9.17, 15) is 0 Å². The van der Waals surface area contributed by atoms with E-state index in [1.165, 1.54) is 51.4 Å². The third-order valence-corrected chi connectivity index (χ3v) is 5.71. The Morgan fingerprint density at radius 3 is 1.76 bits per heavy atom. The fourth-order valence-corrected chi connectivity index (χ4v) is 4.35. The first-order chi connectivity index (χ1) is 9.33. The van der Waals surface area contributed by atoms with E-state index in [4.69, 9.17) is 0 Å². The van der Waals surface area contributed by atoms with Crippen LogP contribution in [0, 0.1) is 23.8 Å². The zero-order chi connectivity index (χ0) is 13.1. The summed E-state index contributed by atoms with van der Waals surface area (Å²) < 4.78 is 0. The molecule has 2 radical (unpaired) electrons. The molecule has 1 aromatic carbocycles. The molecule has 0 unspecified atom stereocenters. The van der Waals surface area contributed by atoms with Gasteiger partial charge in [-0.25, -0.2) is 0 Å². The van der Waals surface area contributed by atoms with E-state index in [-0.39, 0.29) is 65.4 Å². The molecule has 2 heteroatoms. The topological polar surface area (TPSA) is 0 Å². The van der Waals surface area contributed by atoms with E-state index in [0.717, 1.165) is 23.7 Å². The van der Waals surface area contributed by atoms with Gasteiger partial charge in [0.25, 0.3) is 0 Å². The third kappa shape index (κ3) is 5.77. The Hall–Kier alpha value is 1.43. The van der Waals surface area contributed by atoms with E-state index < -0.39 is 0 Å². The second-order valence-electron chi connectivity index (χ2n) is 6.96. The summed E-state index contributed by atoms with van der Waals surface area (Å²) in [6.45, 7) is 2.43. The molecule has 2 aliphatic rings. The van der Waals surface area contributed by atoms with Crippen LogP contribution in [0.25, 0.3) is 0 Å². The fraction of sp³-hybridized carbons (Fsp3) is 0.684. The average Bonchev–Trinajstić information content (AvgIpc) is 2.49. The first-order valence-electron chi connectivity index (χ1n) is 8.29. The minimum Gasteiger partial charge on any atom is -0.184 e. The van der Waals surface area contributed by atoms with Gasteiger partial charge in [-0.2, -0.15) is 35.9 Å². The minimum absolute atomic E-state index is 0. The maximum absolute atomic E-state index is 3.14. The Bertz CT molecular complexity index is 374. The number of benzene rings is 1. The summed E-state index contributed by atoms with van der Waals surface area (Å²) >= 11 is 0. The molecular weight excluding hydrogens is 406 g/mol. The molecule has 21 heavy (non-hydrogen) atoms. The quantitative estimate of drug-likeness (QED) is 0.535. The minimum atomic E-state index is 0. The van der Waals surface area contributed by atoms with Crippen molar-refractivity contribution in [2.24, 2.45) is 17.8 Å². The van der Waals surface area contributed by atoms with Gasteiger partial charge in [0.05, 0.1) is 0 Å². The van der Waals surface area contributed by atoms with Crippen molar-refractivity contribution in [3.8, 4) is 0 Å². The van der Waals surface area contributed by atoms with Gasteiger partial charge in [-0.05, 0) is 62.2 Å². The monoisotopic (exact) mass is 433 g/mol. The maximum atomic E-state index is 3.14. The van der Waals surface area contributed by atoms with Crippen molar-refractivity contribution in [1.82, 2.24) is 0 Å². The van der Waals surface area contributed by atoms with Gasteiger partial charge in [-0.1, -0.05) is 19.8 Å². The van der Waals surface area contributed by atoms with Crippen LogP contribution < -0.4 is 0 Å². The molecule has 0 saturated heterocycles. The van der Waals surface area contributed by atoms with Gasteiger partial charge < -0.3 is 0 Å². The van der Waals surface area contributed by atoms with Gasteiger partial charge in [-0.15, -0.1) is 0 Å². The number of hydrogen-bond donors (Lipinski definition) is 0. The molecule has 0 heterocycles. The van der Waals surface area contributed by atoms with Crippen molar-refractivity contribution < 1.29 is 65.4 Å². The first-order valence-corrected chi connectivity index (χ1v) is 8.29. The largest absolute Gasteiger partial charge is 0.184 e. The summed E-state index contributed by atoms with van der Waals surface area (Å²) in [4.78, 5) is 0. The van der Waals surface area contributed by atoms with Crippen LogP contribution in [0.3, 0.4) is 0 Å². The summed E-state index contributed by atoms with van der Waals surface area (Å²) in [7, 11) is 0. The molecule has 0 spiro atoms. The van der Waals surface area contributed by atoms with Gasteiger partial charge in [-0.3, -0.25) is 0 Å². The summed E-state index contributed by atoms with van der Waals surface area (Å²) in [5, 5.41) is 0. The molecule has 0 nitrogen and oxygen atoms in total. The van der Waals surface area contributed by atoms with Crippen LogP contribution >= 0.6 is 0 Å². The van der Waals surface area contributed by atoms with E-state index >= 15 is 0 Å². The van der Waals surface area contributed by atoms with Crippen molar-refractivity contribution in [3.05, 3.63) is 35.9 Å². The van der Waals surface area contributed by atoms with Crippen LogP contribution in [-0.4, -0.2) is 0 Å². The molecule has 0 amide bonds.